The van der Waals surface area contributed by atoms with Gasteiger partial charge in [-0.1, -0.05) is 0 Å². The van der Waals surface area contributed by atoms with Crippen molar-refractivity contribution in [3.8, 4) is 0 Å². The van der Waals surface area contributed by atoms with Gasteiger partial charge in [0.15, 0.2) is 0 Å². The van der Waals surface area contributed by atoms with Gasteiger partial charge in [-0.3, -0.25) is 25.8 Å². The molecule has 0 aliphatic heterocycles. The van der Waals surface area contributed by atoms with Crippen LogP contribution >= 0.6 is 25.8 Å². The standard InChI is InChI=1S/C3H8Se.2BrH.Mg/c1-3(2)4;;;/h3-4H,1-2H3;2*1H;/q;;;+2/p-2. The second-order valence-electron chi connectivity index (χ2n) is 1.19. The van der Waals surface area contributed by atoms with E-state index in [0.29, 0.717) is 0 Å². The first kappa shape index (κ1) is 12.0. The third-order valence-corrected chi connectivity index (χ3v) is 0. The van der Waals surface area contributed by atoms with E-state index in [2.05, 4.69) is 55.6 Å². The largest absolute Gasteiger partial charge is 0.560 e. The summed E-state index contributed by atoms with van der Waals surface area (Å²) < 4.78 is 0. The Morgan fingerprint density at radius 3 is 1.43 bits per heavy atom. The summed E-state index contributed by atoms with van der Waals surface area (Å²) in [6.07, 6.45) is 0. The molecule has 4 heteroatoms. The van der Waals surface area contributed by atoms with Crippen molar-refractivity contribution in [2.75, 3.05) is 0 Å². The Bertz CT molecular complexity index is 24.1. The molecular formula is C3H8Br2MgSe. The van der Waals surface area contributed by atoms with Crippen LogP contribution in [0.2, 0.25) is 4.82 Å². The average molecular weight is 307 g/mol. The van der Waals surface area contributed by atoms with Gasteiger partial charge in [-0.2, -0.15) is 0 Å². The number of halogens is 2. The number of rotatable bonds is 0. The Morgan fingerprint density at radius 1 is 1.43 bits per heavy atom. The maximum absolute atomic E-state index is 3.20. The van der Waals surface area contributed by atoms with Crippen LogP contribution in [0.1, 0.15) is 13.8 Å². The molecule has 0 bridgehead atoms. The fourth-order valence-electron chi connectivity index (χ4n) is 0. The van der Waals surface area contributed by atoms with Gasteiger partial charge in [-0.05, 0) is 0 Å². The van der Waals surface area contributed by atoms with Gasteiger partial charge in [-0.25, -0.2) is 0 Å². The zero-order valence-electron chi connectivity index (χ0n) is 4.49. The fraction of sp³-hybridized carbons (Fsp3) is 1.00. The SMILES string of the molecule is CC(C)[SeH].[Br][Mg][Br]. The van der Waals surface area contributed by atoms with E-state index in [1.165, 1.54) is 0 Å². The van der Waals surface area contributed by atoms with Crippen molar-refractivity contribution in [1.82, 2.24) is 0 Å². The van der Waals surface area contributed by atoms with E-state index in [1.807, 2.05) is 0 Å². The van der Waals surface area contributed by atoms with Gasteiger partial charge in [0.25, 0.3) is 0 Å². The van der Waals surface area contributed by atoms with Crippen LogP contribution in [0.4, 0.5) is 0 Å². The molecule has 0 saturated carbocycles. The van der Waals surface area contributed by atoms with Gasteiger partial charge in [0.1, 0.15) is 0 Å². The smallest absolute Gasteiger partial charge is 0.280 e. The molecule has 0 fully saturated rings. The Balaban J connectivity index is 0. The molecule has 0 amide bonds. The zero-order chi connectivity index (χ0) is 6.28. The zero-order valence-corrected chi connectivity index (χ0v) is 11.0. The Hall–Kier alpha value is 2.25. The molecule has 0 saturated heterocycles. The molecular weight excluding hydrogens is 299 g/mol. The molecule has 0 unspecified atom stereocenters. The van der Waals surface area contributed by atoms with Crippen molar-refractivity contribution in [3.05, 3.63) is 0 Å². The molecule has 0 aromatic carbocycles. The van der Waals surface area contributed by atoms with Crippen LogP contribution in [0.25, 0.3) is 0 Å². The number of hydrogen-bond acceptors (Lipinski definition) is 0. The van der Waals surface area contributed by atoms with Gasteiger partial charge in [-0.15, -0.1) is 0 Å². The summed E-state index contributed by atoms with van der Waals surface area (Å²) in [6, 6.07) is 0. The molecule has 0 rings (SSSR count). The third-order valence-electron chi connectivity index (χ3n) is 0. The quantitative estimate of drug-likeness (QED) is 0.601. The van der Waals surface area contributed by atoms with E-state index in [0.717, 1.165) is 4.82 Å². The molecule has 0 aliphatic carbocycles. The Labute approximate surface area is 75.5 Å². The maximum Gasteiger partial charge on any atom is 0.560 e. The van der Waals surface area contributed by atoms with E-state index < -0.39 is 0 Å². The van der Waals surface area contributed by atoms with Crippen LogP contribution < -0.4 is 0 Å². The summed E-state index contributed by atoms with van der Waals surface area (Å²) in [5.41, 5.74) is 0. The summed E-state index contributed by atoms with van der Waals surface area (Å²) in [7, 11) is 0. The van der Waals surface area contributed by atoms with Crippen LogP contribution in [0.3, 0.4) is 0 Å². The summed E-state index contributed by atoms with van der Waals surface area (Å²) in [5.74, 6) is 0. The van der Waals surface area contributed by atoms with Gasteiger partial charge in [0.2, 0.25) is 0 Å². The first-order valence-corrected chi connectivity index (χ1v) is 10.8. The molecule has 0 nitrogen and oxygen atoms in total. The number of hydrogen-bond donors (Lipinski definition) is 0. The molecule has 0 heterocycles. The van der Waals surface area contributed by atoms with E-state index in [-0.39, 0.29) is 16.0 Å². The predicted molar refractivity (Wildman–Crippen MR) is 45.9 cm³/mol. The van der Waals surface area contributed by atoms with Crippen molar-refractivity contribution >= 4 is 57.8 Å². The third kappa shape index (κ3) is 63.8. The van der Waals surface area contributed by atoms with Crippen molar-refractivity contribution in [1.29, 1.82) is 0 Å². The molecule has 0 radical (unpaired) electrons. The van der Waals surface area contributed by atoms with Crippen molar-refractivity contribution in [2.24, 2.45) is 0 Å². The van der Waals surface area contributed by atoms with Gasteiger partial charge in [0, 0.05) is 0 Å². The molecule has 0 spiro atoms. The molecule has 0 aliphatic rings. The molecule has 0 aromatic rings. The van der Waals surface area contributed by atoms with E-state index in [1.54, 1.807) is 0 Å². The van der Waals surface area contributed by atoms with Gasteiger partial charge in [0.05, 0.1) is 0 Å². The molecule has 0 N–H and O–H groups in total. The minimum absolute atomic E-state index is 0.0417. The minimum atomic E-state index is 0.0417. The predicted octanol–water partition coefficient (Wildman–Crippen LogP) is 2.03. The van der Waals surface area contributed by atoms with Crippen molar-refractivity contribution in [2.45, 2.75) is 18.7 Å². The summed E-state index contributed by atoms with van der Waals surface area (Å²) in [4.78, 5) is 0.771. The topological polar surface area (TPSA) is 0 Å². The normalized spacial score (nSPS) is 6.57. The van der Waals surface area contributed by atoms with Crippen molar-refractivity contribution in [3.63, 3.8) is 0 Å². The fourth-order valence-corrected chi connectivity index (χ4v) is 0. The maximum atomic E-state index is 3.20. The van der Waals surface area contributed by atoms with Gasteiger partial charge < -0.3 is 0 Å². The van der Waals surface area contributed by atoms with Crippen LogP contribution in [0, 0.1) is 0 Å². The minimum Gasteiger partial charge on any atom is -0.280 e. The van der Waals surface area contributed by atoms with E-state index in [9.17, 15) is 0 Å². The van der Waals surface area contributed by atoms with Gasteiger partial charge >= 0.3 is 50.7 Å². The summed E-state index contributed by atoms with van der Waals surface area (Å²) >= 11 is 8.98. The molecule has 7 heavy (non-hydrogen) atoms. The monoisotopic (exact) mass is 306 g/mol. The van der Waals surface area contributed by atoms with Crippen LogP contribution in [0.15, 0.2) is 0 Å². The Morgan fingerprint density at radius 2 is 1.43 bits per heavy atom. The van der Waals surface area contributed by atoms with E-state index in [4.69, 9.17) is 0 Å². The van der Waals surface area contributed by atoms with E-state index >= 15 is 0 Å². The average Bonchev–Trinajstić information content (AvgIpc) is 1.33. The summed E-state index contributed by atoms with van der Waals surface area (Å²) in [6.45, 7) is 4.28. The molecule has 0 atom stereocenters. The van der Waals surface area contributed by atoms with Crippen molar-refractivity contribution < 1.29 is 0 Å². The van der Waals surface area contributed by atoms with Crippen LogP contribution in [-0.2, 0) is 0 Å². The van der Waals surface area contributed by atoms with Crippen LogP contribution in [0.5, 0.6) is 0 Å². The second kappa shape index (κ2) is 11.1. The summed E-state index contributed by atoms with van der Waals surface area (Å²) in [5, 5.41) is 0. The molecule has 0 aromatic heterocycles. The first-order valence-electron chi connectivity index (χ1n) is 1.95. The van der Waals surface area contributed by atoms with Crippen LogP contribution in [-0.4, -0.2) is 32.0 Å². The second-order valence-corrected chi connectivity index (χ2v) is 11.4. The first-order chi connectivity index (χ1) is 3.15. The Kier molecular flexibility index (Phi) is 19.0. The molecule has 42 valence electrons.